The topological polar surface area (TPSA) is 87.7 Å². The van der Waals surface area contributed by atoms with Crippen molar-refractivity contribution in [1.29, 1.82) is 0 Å². The van der Waals surface area contributed by atoms with Crippen LogP contribution in [-0.4, -0.2) is 46.5 Å². The number of hydrogen-bond acceptors (Lipinski definition) is 4. The summed E-state index contributed by atoms with van der Waals surface area (Å²) in [6.45, 7) is 14.9. The van der Waals surface area contributed by atoms with E-state index in [1.807, 2.05) is 45.9 Å². The van der Waals surface area contributed by atoms with E-state index in [1.165, 1.54) is 6.42 Å². The molecule has 0 spiro atoms. The number of nitrogens with zero attached hydrogens (tertiary/aromatic N) is 1. The van der Waals surface area contributed by atoms with Crippen molar-refractivity contribution in [3.63, 3.8) is 0 Å². The van der Waals surface area contributed by atoms with E-state index in [4.69, 9.17) is 4.74 Å². The average Bonchev–Trinajstić information content (AvgIpc) is 2.76. The summed E-state index contributed by atoms with van der Waals surface area (Å²) in [6.07, 6.45) is 5.32. The zero-order valence-corrected chi connectivity index (χ0v) is 22.9. The number of alkyl carbamates (subject to hydrolysis) is 1. The first-order valence-corrected chi connectivity index (χ1v) is 13.0. The normalized spacial score (nSPS) is 17.1. The minimum Gasteiger partial charge on any atom is -0.444 e. The number of carbonyl (C=O) groups is 3. The summed E-state index contributed by atoms with van der Waals surface area (Å²) in [4.78, 5) is 41.7. The van der Waals surface area contributed by atoms with Gasteiger partial charge in [-0.2, -0.15) is 0 Å². The van der Waals surface area contributed by atoms with Crippen molar-refractivity contribution in [2.75, 3.05) is 0 Å². The van der Waals surface area contributed by atoms with Crippen LogP contribution < -0.4 is 10.6 Å². The van der Waals surface area contributed by atoms with E-state index in [2.05, 4.69) is 10.6 Å². The highest BCUT2D eigenvalue weighted by atomic mass is 16.6. The first kappa shape index (κ1) is 28.7. The van der Waals surface area contributed by atoms with E-state index in [1.54, 1.807) is 32.6 Å². The summed E-state index contributed by atoms with van der Waals surface area (Å²) >= 11 is 0. The van der Waals surface area contributed by atoms with Gasteiger partial charge in [-0.25, -0.2) is 4.79 Å². The fraction of sp³-hybridized carbons (Fsp3) is 0.679. The quantitative estimate of drug-likeness (QED) is 0.518. The van der Waals surface area contributed by atoms with Gasteiger partial charge in [-0.1, -0.05) is 49.9 Å². The zero-order valence-electron chi connectivity index (χ0n) is 22.9. The molecule has 7 heteroatoms. The summed E-state index contributed by atoms with van der Waals surface area (Å²) in [5.41, 5.74) is 2.19. The molecule has 0 radical (unpaired) electrons. The number of aryl methyl sites for hydroxylation is 2. The average molecular weight is 488 g/mol. The van der Waals surface area contributed by atoms with Crippen LogP contribution in [0.25, 0.3) is 0 Å². The molecule has 35 heavy (non-hydrogen) atoms. The SMILES string of the molecule is CCC(C)N(C(=O)C(C)NC(=O)OC(C)(C)C)C(C(=O)NC1CCCCC1)c1ccc(C)cc1C. The molecule has 0 aliphatic heterocycles. The van der Waals surface area contributed by atoms with Gasteiger partial charge in [0, 0.05) is 12.1 Å². The lowest BCUT2D eigenvalue weighted by Gasteiger charge is -2.39. The number of hydrogen-bond donors (Lipinski definition) is 2. The van der Waals surface area contributed by atoms with Gasteiger partial charge in [0.05, 0.1) is 0 Å². The second-order valence-corrected chi connectivity index (χ2v) is 11.0. The molecule has 3 amide bonds. The van der Waals surface area contributed by atoms with Gasteiger partial charge >= 0.3 is 6.09 Å². The fourth-order valence-electron chi connectivity index (χ4n) is 4.64. The largest absolute Gasteiger partial charge is 0.444 e. The molecular weight excluding hydrogens is 442 g/mol. The van der Waals surface area contributed by atoms with Gasteiger partial charge < -0.3 is 20.3 Å². The monoisotopic (exact) mass is 487 g/mol. The molecule has 2 rings (SSSR count). The molecule has 1 saturated carbocycles. The Kier molecular flexibility index (Phi) is 10.2. The first-order valence-electron chi connectivity index (χ1n) is 13.0. The molecule has 3 atom stereocenters. The zero-order chi connectivity index (χ0) is 26.3. The molecule has 1 aromatic carbocycles. The molecule has 2 N–H and O–H groups in total. The number of nitrogens with one attached hydrogen (secondary N) is 2. The number of ether oxygens (including phenoxy) is 1. The molecule has 1 aromatic rings. The number of rotatable bonds is 8. The summed E-state index contributed by atoms with van der Waals surface area (Å²) in [6, 6.07) is 4.23. The van der Waals surface area contributed by atoms with Crippen molar-refractivity contribution in [1.82, 2.24) is 15.5 Å². The maximum absolute atomic E-state index is 13.8. The molecule has 0 bridgehead atoms. The van der Waals surface area contributed by atoms with Crippen LogP contribution in [0, 0.1) is 13.8 Å². The molecule has 1 aliphatic carbocycles. The van der Waals surface area contributed by atoms with Crippen LogP contribution in [0.15, 0.2) is 18.2 Å². The maximum atomic E-state index is 13.8. The maximum Gasteiger partial charge on any atom is 0.408 e. The predicted octanol–water partition coefficient (Wildman–Crippen LogP) is 5.33. The lowest BCUT2D eigenvalue weighted by Crippen LogP contribution is -2.55. The second-order valence-electron chi connectivity index (χ2n) is 11.0. The van der Waals surface area contributed by atoms with Crippen molar-refractivity contribution < 1.29 is 19.1 Å². The lowest BCUT2D eigenvalue weighted by atomic mass is 9.92. The van der Waals surface area contributed by atoms with Gasteiger partial charge in [-0.15, -0.1) is 0 Å². The van der Waals surface area contributed by atoms with Crippen molar-refractivity contribution >= 4 is 17.9 Å². The number of benzene rings is 1. The van der Waals surface area contributed by atoms with E-state index in [-0.39, 0.29) is 23.9 Å². The highest BCUT2D eigenvalue weighted by Crippen LogP contribution is 2.30. The van der Waals surface area contributed by atoms with E-state index >= 15 is 0 Å². The Morgan fingerprint density at radius 3 is 2.26 bits per heavy atom. The third-order valence-electron chi connectivity index (χ3n) is 6.62. The smallest absolute Gasteiger partial charge is 0.408 e. The van der Waals surface area contributed by atoms with E-state index in [0.29, 0.717) is 6.42 Å². The highest BCUT2D eigenvalue weighted by molar-refractivity contribution is 5.92. The van der Waals surface area contributed by atoms with E-state index in [9.17, 15) is 14.4 Å². The Morgan fingerprint density at radius 2 is 1.71 bits per heavy atom. The molecule has 1 fully saturated rings. The lowest BCUT2D eigenvalue weighted by molar-refractivity contribution is -0.145. The van der Waals surface area contributed by atoms with Crippen LogP contribution in [0.1, 0.15) is 103 Å². The Hall–Kier alpha value is -2.57. The van der Waals surface area contributed by atoms with Crippen LogP contribution in [0.3, 0.4) is 0 Å². The van der Waals surface area contributed by atoms with Crippen LogP contribution in [0.4, 0.5) is 4.79 Å². The molecule has 0 heterocycles. The number of carbonyl (C=O) groups excluding carboxylic acids is 3. The molecule has 7 nitrogen and oxygen atoms in total. The van der Waals surface area contributed by atoms with Crippen LogP contribution in [-0.2, 0) is 14.3 Å². The van der Waals surface area contributed by atoms with E-state index in [0.717, 1.165) is 42.4 Å². The summed E-state index contributed by atoms with van der Waals surface area (Å²) in [5.74, 6) is -0.476. The third-order valence-corrected chi connectivity index (χ3v) is 6.62. The third kappa shape index (κ3) is 8.25. The van der Waals surface area contributed by atoms with Crippen molar-refractivity contribution in [3.8, 4) is 0 Å². The Balaban J connectivity index is 2.42. The van der Waals surface area contributed by atoms with Gasteiger partial charge in [-0.05, 0) is 78.9 Å². The summed E-state index contributed by atoms with van der Waals surface area (Å²) < 4.78 is 5.35. The Labute approximate surface area is 211 Å². The molecule has 0 aromatic heterocycles. The van der Waals surface area contributed by atoms with Crippen LogP contribution >= 0.6 is 0 Å². The Morgan fingerprint density at radius 1 is 1.09 bits per heavy atom. The molecule has 1 aliphatic rings. The van der Waals surface area contributed by atoms with Gasteiger partial charge in [-0.3, -0.25) is 9.59 Å². The van der Waals surface area contributed by atoms with E-state index < -0.39 is 23.8 Å². The van der Waals surface area contributed by atoms with Gasteiger partial charge in [0.15, 0.2) is 0 Å². The standard InChI is InChI=1S/C28H45N3O4/c1-9-20(4)31(26(33)21(5)29-27(34)35-28(6,7)8)24(23-16-15-18(2)17-19(23)3)25(32)30-22-13-11-10-12-14-22/h15-17,20-22,24H,9-14H2,1-8H3,(H,29,34)(H,30,32). The van der Waals surface area contributed by atoms with Crippen LogP contribution in [0.5, 0.6) is 0 Å². The van der Waals surface area contributed by atoms with Crippen LogP contribution in [0.2, 0.25) is 0 Å². The minimum absolute atomic E-state index is 0.121. The summed E-state index contributed by atoms with van der Waals surface area (Å²) in [7, 11) is 0. The molecular formula is C28H45N3O4. The molecule has 3 unspecified atom stereocenters. The molecule has 196 valence electrons. The van der Waals surface area contributed by atoms with Crippen molar-refractivity contribution in [3.05, 3.63) is 34.9 Å². The van der Waals surface area contributed by atoms with Crippen molar-refractivity contribution in [2.24, 2.45) is 0 Å². The predicted molar refractivity (Wildman–Crippen MR) is 139 cm³/mol. The second kappa shape index (κ2) is 12.4. The minimum atomic E-state index is -0.852. The summed E-state index contributed by atoms with van der Waals surface area (Å²) in [5, 5.41) is 5.90. The highest BCUT2D eigenvalue weighted by Gasteiger charge is 2.38. The molecule has 0 saturated heterocycles. The van der Waals surface area contributed by atoms with Gasteiger partial charge in [0.25, 0.3) is 0 Å². The first-order chi connectivity index (χ1) is 16.3. The number of amides is 3. The van der Waals surface area contributed by atoms with Gasteiger partial charge in [0.2, 0.25) is 11.8 Å². The Bertz CT molecular complexity index is 887. The van der Waals surface area contributed by atoms with Gasteiger partial charge in [0.1, 0.15) is 17.7 Å². The fourth-order valence-corrected chi connectivity index (χ4v) is 4.64. The van der Waals surface area contributed by atoms with Crippen molar-refractivity contribution in [2.45, 2.75) is 124 Å².